The Morgan fingerprint density at radius 2 is 1.79 bits per heavy atom. The maximum atomic E-state index is 13.5. The van der Waals surface area contributed by atoms with Gasteiger partial charge in [0.15, 0.2) is 0 Å². The molecule has 2 saturated carbocycles. The molecule has 5 rings (SSSR count). The molecule has 204 valence electrons. The van der Waals surface area contributed by atoms with Crippen LogP contribution >= 0.6 is 0 Å². The van der Waals surface area contributed by atoms with Crippen molar-refractivity contribution in [2.24, 2.45) is 5.92 Å². The molecule has 1 saturated heterocycles. The second-order valence-corrected chi connectivity index (χ2v) is 11.2. The minimum absolute atomic E-state index is 0.0242. The summed E-state index contributed by atoms with van der Waals surface area (Å²) in [6.07, 6.45) is 9.84. The van der Waals surface area contributed by atoms with Crippen molar-refractivity contribution in [2.45, 2.75) is 88.2 Å². The third-order valence-corrected chi connectivity index (χ3v) is 8.37. The minimum Gasteiger partial charge on any atom is -0.393 e. The minimum atomic E-state index is -2.47. The number of aliphatic hydroxyl groups is 1. The highest BCUT2D eigenvalue weighted by Gasteiger charge is 2.36. The fourth-order valence-electron chi connectivity index (χ4n) is 6.05. The van der Waals surface area contributed by atoms with Gasteiger partial charge in [-0.25, -0.2) is 18.7 Å². The molecule has 0 atom stereocenters. The summed E-state index contributed by atoms with van der Waals surface area (Å²) in [5, 5.41) is 25.9. The Labute approximate surface area is 222 Å². The third kappa shape index (κ3) is 6.94. The molecule has 3 heterocycles. The summed E-state index contributed by atoms with van der Waals surface area (Å²) in [7, 11) is 0. The lowest BCUT2D eigenvalue weighted by Crippen LogP contribution is -2.39. The number of nitriles is 1. The molecule has 0 aromatic carbocycles. The number of rotatable bonds is 7. The van der Waals surface area contributed by atoms with Crippen molar-refractivity contribution in [1.82, 2.24) is 19.9 Å². The zero-order valence-corrected chi connectivity index (χ0v) is 21.8. The first kappa shape index (κ1) is 26.7. The predicted molar refractivity (Wildman–Crippen MR) is 141 cm³/mol. The van der Waals surface area contributed by atoms with Gasteiger partial charge in [0.2, 0.25) is 11.9 Å². The number of alkyl halides is 2. The summed E-state index contributed by atoms with van der Waals surface area (Å²) in [6.45, 7) is 2.80. The number of piperidine rings is 1. The Bertz CT molecular complexity index is 1110. The lowest BCUT2D eigenvalue weighted by Gasteiger charge is -2.37. The fraction of sp³-hybridized carbons (Fsp3) is 0.643. The first-order valence-electron chi connectivity index (χ1n) is 13.9. The van der Waals surface area contributed by atoms with Crippen LogP contribution in [0.2, 0.25) is 0 Å². The highest BCUT2D eigenvalue weighted by Crippen LogP contribution is 2.38. The molecule has 0 radical (unpaired) electrons. The van der Waals surface area contributed by atoms with Gasteiger partial charge in [0.1, 0.15) is 17.6 Å². The second kappa shape index (κ2) is 11.9. The van der Waals surface area contributed by atoms with Gasteiger partial charge in [0.25, 0.3) is 0 Å². The standard InChI is InChI=1S/C28H37F2N7O/c29-28(30)10-5-19(6-11-28)18-37-13-8-20(9-14-37)25-17-33-27(35-22-7-12-32-23(15-22)16-31)36-26(25)34-21-1-3-24(38)4-2-21/h7,12,15,17,19-21,24,38H,1-6,8-11,13-14,18H2,(H2,32,33,34,35,36)/t21-,24-. The van der Waals surface area contributed by atoms with Crippen LogP contribution in [0.15, 0.2) is 24.5 Å². The van der Waals surface area contributed by atoms with Gasteiger partial charge in [-0.3, -0.25) is 0 Å². The van der Waals surface area contributed by atoms with E-state index in [4.69, 9.17) is 10.2 Å². The van der Waals surface area contributed by atoms with E-state index < -0.39 is 5.92 Å². The molecular weight excluding hydrogens is 488 g/mol. The van der Waals surface area contributed by atoms with Crippen molar-refractivity contribution in [1.29, 1.82) is 5.26 Å². The molecule has 0 bridgehead atoms. The fourth-order valence-corrected chi connectivity index (χ4v) is 6.05. The van der Waals surface area contributed by atoms with E-state index in [1.165, 1.54) is 0 Å². The van der Waals surface area contributed by atoms with E-state index in [1.807, 2.05) is 12.3 Å². The molecule has 0 spiro atoms. The van der Waals surface area contributed by atoms with Crippen LogP contribution < -0.4 is 10.6 Å². The van der Waals surface area contributed by atoms with E-state index in [2.05, 4.69) is 25.5 Å². The topological polar surface area (TPSA) is 110 Å². The van der Waals surface area contributed by atoms with Gasteiger partial charge < -0.3 is 20.6 Å². The summed E-state index contributed by atoms with van der Waals surface area (Å²) in [4.78, 5) is 15.9. The summed E-state index contributed by atoms with van der Waals surface area (Å²) >= 11 is 0. The third-order valence-electron chi connectivity index (χ3n) is 8.37. The van der Waals surface area contributed by atoms with Gasteiger partial charge in [-0.05, 0) is 88.4 Å². The average Bonchev–Trinajstić information content (AvgIpc) is 2.92. The zero-order valence-electron chi connectivity index (χ0n) is 21.8. The SMILES string of the molecule is N#Cc1cc(Nc2ncc(C3CCN(CC4CCC(F)(F)CC4)CC3)c(N[C@H]3CC[C@H](O)CC3)n2)ccn1. The Hall–Kier alpha value is -2.90. The smallest absolute Gasteiger partial charge is 0.248 e. The van der Waals surface area contributed by atoms with Crippen LogP contribution in [0, 0.1) is 17.2 Å². The molecule has 38 heavy (non-hydrogen) atoms. The molecule has 2 aromatic rings. The van der Waals surface area contributed by atoms with Gasteiger partial charge in [-0.2, -0.15) is 10.2 Å². The van der Waals surface area contributed by atoms with Crippen LogP contribution in [0.4, 0.5) is 26.2 Å². The number of aliphatic hydroxyl groups excluding tert-OH is 1. The van der Waals surface area contributed by atoms with Gasteiger partial charge >= 0.3 is 0 Å². The highest BCUT2D eigenvalue weighted by atomic mass is 19.3. The van der Waals surface area contributed by atoms with Gasteiger partial charge in [-0.1, -0.05) is 0 Å². The number of aromatic nitrogens is 3. The lowest BCUT2D eigenvalue weighted by atomic mass is 9.85. The quantitative estimate of drug-likeness (QED) is 0.452. The number of likely N-dealkylation sites (tertiary alicyclic amines) is 1. The first-order valence-corrected chi connectivity index (χ1v) is 13.9. The van der Waals surface area contributed by atoms with E-state index in [9.17, 15) is 13.9 Å². The van der Waals surface area contributed by atoms with Crippen LogP contribution in [0.5, 0.6) is 0 Å². The molecule has 0 unspecified atom stereocenters. The van der Waals surface area contributed by atoms with E-state index in [1.54, 1.807) is 18.3 Å². The van der Waals surface area contributed by atoms with Crippen LogP contribution in [0.3, 0.4) is 0 Å². The number of nitrogens with one attached hydrogen (secondary N) is 2. The Morgan fingerprint density at radius 1 is 1.05 bits per heavy atom. The Morgan fingerprint density at radius 3 is 2.50 bits per heavy atom. The maximum Gasteiger partial charge on any atom is 0.248 e. The molecular formula is C28H37F2N7O. The predicted octanol–water partition coefficient (Wildman–Crippen LogP) is 5.21. The Balaban J connectivity index is 1.26. The first-order chi connectivity index (χ1) is 18.4. The van der Waals surface area contributed by atoms with Crippen molar-refractivity contribution in [2.75, 3.05) is 30.3 Å². The number of nitrogens with zero attached hydrogens (tertiary/aromatic N) is 5. The number of pyridine rings is 1. The van der Waals surface area contributed by atoms with Gasteiger partial charge in [0, 0.05) is 49.1 Å². The summed E-state index contributed by atoms with van der Waals surface area (Å²) in [6, 6.07) is 5.73. The van der Waals surface area contributed by atoms with E-state index in [-0.39, 0.29) is 25.0 Å². The molecule has 3 aliphatic rings. The van der Waals surface area contributed by atoms with Crippen LogP contribution in [0.1, 0.15) is 81.4 Å². The van der Waals surface area contributed by atoms with E-state index in [0.717, 1.165) is 69.5 Å². The van der Waals surface area contributed by atoms with Crippen LogP contribution in [0.25, 0.3) is 0 Å². The number of hydrogen-bond donors (Lipinski definition) is 3. The monoisotopic (exact) mass is 525 g/mol. The molecule has 10 heteroatoms. The van der Waals surface area contributed by atoms with Crippen LogP contribution in [-0.4, -0.2) is 62.7 Å². The van der Waals surface area contributed by atoms with Gasteiger partial charge in [0.05, 0.1) is 6.10 Å². The molecule has 3 fully saturated rings. The van der Waals surface area contributed by atoms with Crippen molar-refractivity contribution < 1.29 is 13.9 Å². The number of anilines is 3. The lowest BCUT2D eigenvalue weighted by molar-refractivity contribution is -0.0494. The summed E-state index contributed by atoms with van der Waals surface area (Å²) in [5.74, 6) is -0.507. The van der Waals surface area contributed by atoms with Gasteiger partial charge in [-0.15, -0.1) is 0 Å². The molecule has 3 N–H and O–H groups in total. The largest absolute Gasteiger partial charge is 0.393 e. The summed E-state index contributed by atoms with van der Waals surface area (Å²) in [5.41, 5.74) is 2.12. The normalized spacial score (nSPS) is 25.0. The summed E-state index contributed by atoms with van der Waals surface area (Å²) < 4.78 is 27.1. The molecule has 2 aliphatic carbocycles. The molecule has 8 nitrogen and oxygen atoms in total. The van der Waals surface area contributed by atoms with Crippen molar-refractivity contribution in [3.63, 3.8) is 0 Å². The zero-order chi connectivity index (χ0) is 26.5. The van der Waals surface area contributed by atoms with Crippen LogP contribution in [-0.2, 0) is 0 Å². The maximum absolute atomic E-state index is 13.5. The second-order valence-electron chi connectivity index (χ2n) is 11.2. The molecule has 1 aliphatic heterocycles. The highest BCUT2D eigenvalue weighted by molar-refractivity contribution is 5.57. The van der Waals surface area contributed by atoms with E-state index >= 15 is 0 Å². The number of halogens is 2. The molecule has 0 amide bonds. The molecule has 2 aromatic heterocycles. The van der Waals surface area contributed by atoms with Crippen molar-refractivity contribution in [3.05, 3.63) is 35.8 Å². The van der Waals surface area contributed by atoms with E-state index in [0.29, 0.717) is 42.0 Å². The van der Waals surface area contributed by atoms with Crippen molar-refractivity contribution >= 4 is 17.5 Å². The average molecular weight is 526 g/mol. The number of hydrogen-bond acceptors (Lipinski definition) is 8. The Kier molecular flexibility index (Phi) is 8.34. The van der Waals surface area contributed by atoms with Crippen molar-refractivity contribution in [3.8, 4) is 6.07 Å².